The van der Waals surface area contributed by atoms with Gasteiger partial charge >= 0.3 is 0 Å². The number of hydrogen-bond donors (Lipinski definition) is 2. The van der Waals surface area contributed by atoms with Gasteiger partial charge in [-0.15, -0.1) is 6.58 Å². The van der Waals surface area contributed by atoms with Crippen molar-refractivity contribution in [2.45, 2.75) is 33.1 Å². The molecule has 0 saturated heterocycles. The fourth-order valence-corrected chi connectivity index (χ4v) is 1.81. The number of carbonyl (C=O) groups is 1. The quantitative estimate of drug-likeness (QED) is 0.447. The van der Waals surface area contributed by atoms with Crippen LogP contribution in [0.3, 0.4) is 0 Å². The zero-order valence-electron chi connectivity index (χ0n) is 11.4. The van der Waals surface area contributed by atoms with Crippen molar-refractivity contribution in [1.82, 2.24) is 10.5 Å². The third-order valence-electron chi connectivity index (χ3n) is 2.70. The Balaban J connectivity index is 3.00. The number of aryl methyl sites for hydroxylation is 2. The summed E-state index contributed by atoms with van der Waals surface area (Å²) in [5, 5.41) is 0. The van der Waals surface area contributed by atoms with Gasteiger partial charge in [0.25, 0.3) is 11.5 Å². The smallest absolute Gasteiger partial charge is 0.280 e. The Kier molecular flexibility index (Phi) is 6.02. The summed E-state index contributed by atoms with van der Waals surface area (Å²) in [6.45, 7) is 7.68. The first kappa shape index (κ1) is 15.2. The highest BCUT2D eigenvalue weighted by Gasteiger charge is 2.13. The average molecular weight is 264 g/mol. The summed E-state index contributed by atoms with van der Waals surface area (Å²) in [6, 6.07) is 1.65. The van der Waals surface area contributed by atoms with Crippen LogP contribution < -0.4 is 11.0 Å². The van der Waals surface area contributed by atoms with Gasteiger partial charge < -0.3 is 4.98 Å². The predicted molar refractivity (Wildman–Crippen MR) is 74.1 cm³/mol. The standard InChI is InChI=1S/C14H20N2O3/c1-4-7-10-9-11(13(17)15-12(10)6-3)14(18)16-19-8-5-2/h5,9H,2,4,6-8H2,1,3H3,(H,15,17)(H,16,18). The van der Waals surface area contributed by atoms with Gasteiger partial charge in [-0.1, -0.05) is 26.3 Å². The highest BCUT2D eigenvalue weighted by atomic mass is 16.6. The molecule has 0 radical (unpaired) electrons. The van der Waals surface area contributed by atoms with Gasteiger partial charge in [-0.25, -0.2) is 5.48 Å². The highest BCUT2D eigenvalue weighted by molar-refractivity contribution is 5.93. The van der Waals surface area contributed by atoms with E-state index in [1.807, 2.05) is 6.92 Å². The lowest BCUT2D eigenvalue weighted by molar-refractivity contribution is 0.0420. The van der Waals surface area contributed by atoms with Crippen LogP contribution in [-0.2, 0) is 17.7 Å². The van der Waals surface area contributed by atoms with Crippen molar-refractivity contribution in [1.29, 1.82) is 0 Å². The number of rotatable bonds is 7. The molecule has 0 fully saturated rings. The molecule has 1 rings (SSSR count). The maximum absolute atomic E-state index is 11.8. The van der Waals surface area contributed by atoms with Crippen molar-refractivity contribution in [3.8, 4) is 0 Å². The van der Waals surface area contributed by atoms with Gasteiger partial charge in [-0.05, 0) is 24.5 Å². The number of aromatic amines is 1. The first-order chi connectivity index (χ1) is 9.13. The normalized spacial score (nSPS) is 10.2. The van der Waals surface area contributed by atoms with Gasteiger partial charge in [0, 0.05) is 5.69 Å². The third-order valence-corrected chi connectivity index (χ3v) is 2.70. The summed E-state index contributed by atoms with van der Waals surface area (Å²) >= 11 is 0. The van der Waals surface area contributed by atoms with Gasteiger partial charge in [-0.3, -0.25) is 14.4 Å². The fraction of sp³-hybridized carbons (Fsp3) is 0.429. The van der Waals surface area contributed by atoms with Gasteiger partial charge in [0.05, 0.1) is 6.61 Å². The summed E-state index contributed by atoms with van der Waals surface area (Å²) in [5.41, 5.74) is 3.78. The second-order valence-electron chi connectivity index (χ2n) is 4.15. The van der Waals surface area contributed by atoms with Crippen LogP contribution in [0.25, 0.3) is 0 Å². The maximum Gasteiger partial charge on any atom is 0.280 e. The van der Waals surface area contributed by atoms with Gasteiger partial charge in [-0.2, -0.15) is 0 Å². The van der Waals surface area contributed by atoms with Crippen molar-refractivity contribution < 1.29 is 9.63 Å². The summed E-state index contributed by atoms with van der Waals surface area (Å²) in [7, 11) is 0. The lowest BCUT2D eigenvalue weighted by atomic mass is 10.0. The lowest BCUT2D eigenvalue weighted by Gasteiger charge is -2.09. The molecule has 0 atom stereocenters. The summed E-state index contributed by atoms with van der Waals surface area (Å²) in [6.07, 6.45) is 4.02. The second-order valence-corrected chi connectivity index (χ2v) is 4.15. The molecule has 0 aromatic carbocycles. The topological polar surface area (TPSA) is 71.2 Å². The van der Waals surface area contributed by atoms with Crippen molar-refractivity contribution in [3.63, 3.8) is 0 Å². The Bertz CT molecular complexity index is 506. The molecule has 0 bridgehead atoms. The van der Waals surface area contributed by atoms with E-state index in [1.54, 1.807) is 6.07 Å². The molecule has 2 N–H and O–H groups in total. The number of carbonyl (C=O) groups excluding carboxylic acids is 1. The van der Waals surface area contributed by atoms with E-state index < -0.39 is 11.5 Å². The first-order valence-corrected chi connectivity index (χ1v) is 6.42. The third kappa shape index (κ3) is 4.06. The number of pyridine rings is 1. The second kappa shape index (κ2) is 7.53. The van der Waals surface area contributed by atoms with Crippen LogP contribution in [0.1, 0.15) is 41.9 Å². The largest absolute Gasteiger partial charge is 0.325 e. The average Bonchev–Trinajstić information content (AvgIpc) is 2.40. The van der Waals surface area contributed by atoms with Crippen LogP contribution in [0, 0.1) is 0 Å². The van der Waals surface area contributed by atoms with Crippen molar-refractivity contribution in [2.75, 3.05) is 6.61 Å². The Labute approximate surface area is 112 Å². The molecular formula is C14H20N2O3. The maximum atomic E-state index is 11.8. The number of nitrogens with one attached hydrogen (secondary N) is 2. The molecule has 0 spiro atoms. The Morgan fingerprint density at radius 2 is 2.26 bits per heavy atom. The number of hydrogen-bond acceptors (Lipinski definition) is 3. The molecule has 19 heavy (non-hydrogen) atoms. The van der Waals surface area contributed by atoms with Crippen molar-refractivity contribution in [3.05, 3.63) is 45.9 Å². The highest BCUT2D eigenvalue weighted by Crippen LogP contribution is 2.09. The molecule has 1 aromatic rings. The van der Waals surface area contributed by atoms with E-state index in [0.29, 0.717) is 0 Å². The van der Waals surface area contributed by atoms with E-state index in [2.05, 4.69) is 24.0 Å². The van der Waals surface area contributed by atoms with E-state index in [4.69, 9.17) is 4.84 Å². The van der Waals surface area contributed by atoms with Crippen LogP contribution >= 0.6 is 0 Å². The molecule has 5 heteroatoms. The van der Waals surface area contributed by atoms with E-state index >= 15 is 0 Å². The van der Waals surface area contributed by atoms with Crippen LogP contribution in [0.15, 0.2) is 23.5 Å². The Morgan fingerprint density at radius 3 is 2.84 bits per heavy atom. The number of H-pyrrole nitrogens is 1. The summed E-state index contributed by atoms with van der Waals surface area (Å²) < 4.78 is 0. The zero-order valence-corrected chi connectivity index (χ0v) is 11.4. The molecule has 1 aromatic heterocycles. The number of hydroxylamine groups is 1. The van der Waals surface area contributed by atoms with E-state index in [1.165, 1.54) is 6.08 Å². The van der Waals surface area contributed by atoms with E-state index in [-0.39, 0.29) is 12.2 Å². The van der Waals surface area contributed by atoms with E-state index in [0.717, 1.165) is 30.5 Å². The predicted octanol–water partition coefficient (Wildman–Crippen LogP) is 1.74. The lowest BCUT2D eigenvalue weighted by Crippen LogP contribution is -2.30. The molecule has 104 valence electrons. The zero-order chi connectivity index (χ0) is 14.3. The minimum atomic E-state index is -0.539. The Morgan fingerprint density at radius 1 is 1.53 bits per heavy atom. The Hall–Kier alpha value is -1.88. The summed E-state index contributed by atoms with van der Waals surface area (Å²) in [4.78, 5) is 31.2. The van der Waals surface area contributed by atoms with Crippen LogP contribution in [0.5, 0.6) is 0 Å². The van der Waals surface area contributed by atoms with Gasteiger partial charge in [0.1, 0.15) is 5.56 Å². The van der Waals surface area contributed by atoms with Gasteiger partial charge in [0.2, 0.25) is 0 Å². The number of aromatic nitrogens is 1. The molecule has 0 aliphatic heterocycles. The SMILES string of the molecule is C=CCONC(=O)c1cc(CCC)c(CC)[nH]c1=O. The van der Waals surface area contributed by atoms with E-state index in [9.17, 15) is 9.59 Å². The van der Waals surface area contributed by atoms with Crippen molar-refractivity contribution >= 4 is 5.91 Å². The summed E-state index contributed by atoms with van der Waals surface area (Å²) in [5.74, 6) is -0.539. The monoisotopic (exact) mass is 264 g/mol. The van der Waals surface area contributed by atoms with Crippen LogP contribution in [0.4, 0.5) is 0 Å². The molecule has 0 aliphatic rings. The van der Waals surface area contributed by atoms with Gasteiger partial charge in [0.15, 0.2) is 0 Å². The molecule has 1 amide bonds. The minimum absolute atomic E-state index is 0.0738. The van der Waals surface area contributed by atoms with Crippen LogP contribution in [0.2, 0.25) is 0 Å². The number of amides is 1. The molecule has 1 heterocycles. The first-order valence-electron chi connectivity index (χ1n) is 6.42. The van der Waals surface area contributed by atoms with Crippen molar-refractivity contribution in [2.24, 2.45) is 0 Å². The molecular weight excluding hydrogens is 244 g/mol. The van der Waals surface area contributed by atoms with Crippen LogP contribution in [-0.4, -0.2) is 17.5 Å². The molecule has 0 unspecified atom stereocenters. The fourth-order valence-electron chi connectivity index (χ4n) is 1.81. The molecule has 0 saturated carbocycles. The minimum Gasteiger partial charge on any atom is -0.325 e. The molecule has 5 nitrogen and oxygen atoms in total. The molecule has 0 aliphatic carbocycles.